The van der Waals surface area contributed by atoms with E-state index in [-0.39, 0.29) is 31.1 Å². The Bertz CT molecular complexity index is 847. The summed E-state index contributed by atoms with van der Waals surface area (Å²) in [6, 6.07) is 9.11. The lowest BCUT2D eigenvalue weighted by molar-refractivity contribution is -0.130. The Labute approximate surface area is 180 Å². The molecule has 8 heteroatoms. The number of hydrogen-bond acceptors (Lipinski definition) is 6. The molecule has 1 N–H and O–H groups in total. The molecule has 3 rings (SSSR count). The van der Waals surface area contributed by atoms with Crippen molar-refractivity contribution in [2.45, 2.75) is 32.4 Å². The maximum atomic E-state index is 13.4. The number of piperidine rings is 1. The number of nitrogens with zero attached hydrogens (tertiary/aromatic N) is 2. The maximum absolute atomic E-state index is 13.4. The summed E-state index contributed by atoms with van der Waals surface area (Å²) in [5.41, 5.74) is 0.411. The van der Waals surface area contributed by atoms with Crippen molar-refractivity contribution in [3.8, 4) is 11.5 Å². The fourth-order valence-electron chi connectivity index (χ4n) is 3.51. The molecule has 0 spiro atoms. The lowest BCUT2D eigenvalue weighted by Crippen LogP contribution is -2.41. The third-order valence-electron chi connectivity index (χ3n) is 5.18. The molecular weight excluding hydrogens is 404 g/mol. The average molecular weight is 433 g/mol. The third-order valence-corrected chi connectivity index (χ3v) is 6.04. The topological polar surface area (TPSA) is 79.3 Å². The highest BCUT2D eigenvalue weighted by molar-refractivity contribution is 7.09. The summed E-state index contributed by atoms with van der Waals surface area (Å²) < 4.78 is 11.5. The van der Waals surface area contributed by atoms with Crippen molar-refractivity contribution in [3.05, 3.63) is 46.2 Å². The molecule has 7 nitrogen and oxygen atoms in total. The standard InChI is InChI=1S/C22H28N2O5S/c1-16(26)23-9-7-17(8-10-23)29-21-6-5-18(28-2)14-20(21)22(27)24(11-12-25)15-19-4-3-13-30-19/h3-6,13-14,17,25H,7-12,15H2,1-2H3. The Balaban J connectivity index is 1.79. The van der Waals surface area contributed by atoms with E-state index in [1.165, 1.54) is 0 Å². The number of aliphatic hydroxyl groups is 1. The first-order chi connectivity index (χ1) is 14.5. The van der Waals surface area contributed by atoms with Crippen LogP contribution in [0.1, 0.15) is 35.0 Å². The van der Waals surface area contributed by atoms with Gasteiger partial charge in [0.15, 0.2) is 0 Å². The van der Waals surface area contributed by atoms with E-state index in [9.17, 15) is 14.7 Å². The highest BCUT2D eigenvalue weighted by Crippen LogP contribution is 2.29. The Kier molecular flexibility index (Phi) is 7.70. The van der Waals surface area contributed by atoms with Gasteiger partial charge in [0.2, 0.25) is 5.91 Å². The minimum Gasteiger partial charge on any atom is -0.497 e. The fourth-order valence-corrected chi connectivity index (χ4v) is 4.23. The number of benzene rings is 1. The molecular formula is C22H28N2O5S. The van der Waals surface area contributed by atoms with E-state index < -0.39 is 0 Å². The molecule has 2 heterocycles. The number of thiophene rings is 1. The van der Waals surface area contributed by atoms with Gasteiger partial charge in [0, 0.05) is 44.3 Å². The molecule has 0 aliphatic carbocycles. The number of methoxy groups -OCH3 is 1. The molecule has 30 heavy (non-hydrogen) atoms. The van der Waals surface area contributed by atoms with Gasteiger partial charge in [0.05, 0.1) is 25.8 Å². The van der Waals surface area contributed by atoms with Crippen LogP contribution in [0, 0.1) is 0 Å². The first-order valence-electron chi connectivity index (χ1n) is 10.0. The molecule has 1 aromatic heterocycles. The molecule has 1 aliphatic heterocycles. The van der Waals surface area contributed by atoms with E-state index in [4.69, 9.17) is 9.47 Å². The van der Waals surface area contributed by atoms with Crippen LogP contribution in [0.3, 0.4) is 0 Å². The van der Waals surface area contributed by atoms with Crippen LogP contribution in [-0.2, 0) is 11.3 Å². The Hall–Kier alpha value is -2.58. The van der Waals surface area contributed by atoms with E-state index in [1.54, 1.807) is 48.5 Å². The minimum absolute atomic E-state index is 0.0656. The van der Waals surface area contributed by atoms with E-state index in [0.717, 1.165) is 17.7 Å². The zero-order valence-electron chi connectivity index (χ0n) is 17.4. The van der Waals surface area contributed by atoms with Crippen LogP contribution in [-0.4, -0.2) is 66.2 Å². The summed E-state index contributed by atoms with van der Waals surface area (Å²) in [6.45, 7) is 3.39. The number of likely N-dealkylation sites (tertiary alicyclic amines) is 1. The molecule has 2 amide bonds. The molecule has 1 aromatic carbocycles. The second kappa shape index (κ2) is 10.4. The van der Waals surface area contributed by atoms with Crippen LogP contribution in [0.15, 0.2) is 35.7 Å². The van der Waals surface area contributed by atoms with Gasteiger partial charge < -0.3 is 24.4 Å². The van der Waals surface area contributed by atoms with Crippen LogP contribution < -0.4 is 9.47 Å². The molecule has 0 atom stereocenters. The molecule has 162 valence electrons. The Morgan fingerprint density at radius 1 is 1.27 bits per heavy atom. The van der Waals surface area contributed by atoms with Gasteiger partial charge in [-0.2, -0.15) is 0 Å². The summed E-state index contributed by atoms with van der Waals surface area (Å²) in [6.07, 6.45) is 1.37. The quantitative estimate of drug-likeness (QED) is 0.694. The largest absolute Gasteiger partial charge is 0.497 e. The van der Waals surface area contributed by atoms with Crippen molar-refractivity contribution in [3.63, 3.8) is 0 Å². The fraction of sp³-hybridized carbons (Fsp3) is 0.455. The van der Waals surface area contributed by atoms with Crippen LogP contribution >= 0.6 is 11.3 Å². The van der Waals surface area contributed by atoms with E-state index >= 15 is 0 Å². The van der Waals surface area contributed by atoms with Gasteiger partial charge in [0.1, 0.15) is 17.6 Å². The van der Waals surface area contributed by atoms with E-state index in [2.05, 4.69) is 0 Å². The summed E-state index contributed by atoms with van der Waals surface area (Å²) in [5, 5.41) is 11.4. The minimum atomic E-state index is -0.215. The predicted molar refractivity (Wildman–Crippen MR) is 115 cm³/mol. The molecule has 0 saturated carbocycles. The molecule has 2 aromatic rings. The highest BCUT2D eigenvalue weighted by Gasteiger charge is 2.26. The maximum Gasteiger partial charge on any atom is 0.258 e. The molecule has 1 fully saturated rings. The summed E-state index contributed by atoms with van der Waals surface area (Å²) in [5.74, 6) is 0.919. The zero-order chi connectivity index (χ0) is 21.5. The summed E-state index contributed by atoms with van der Waals surface area (Å²) >= 11 is 1.57. The molecule has 1 aliphatic rings. The van der Waals surface area contributed by atoms with Gasteiger partial charge in [-0.15, -0.1) is 11.3 Å². The summed E-state index contributed by atoms with van der Waals surface area (Å²) in [4.78, 5) is 29.4. The molecule has 0 radical (unpaired) electrons. The van der Waals surface area contributed by atoms with Crippen molar-refractivity contribution >= 4 is 23.2 Å². The highest BCUT2D eigenvalue weighted by atomic mass is 32.1. The normalized spacial score (nSPS) is 14.4. The van der Waals surface area contributed by atoms with Crippen molar-refractivity contribution in [1.82, 2.24) is 9.80 Å². The van der Waals surface area contributed by atoms with E-state index in [0.29, 0.717) is 36.7 Å². The number of carbonyl (C=O) groups is 2. The third kappa shape index (κ3) is 5.52. The smallest absolute Gasteiger partial charge is 0.258 e. The number of amides is 2. The second-order valence-electron chi connectivity index (χ2n) is 7.22. The number of rotatable bonds is 8. The molecule has 0 bridgehead atoms. The summed E-state index contributed by atoms with van der Waals surface area (Å²) in [7, 11) is 1.55. The van der Waals surface area contributed by atoms with Crippen LogP contribution in [0.5, 0.6) is 11.5 Å². The van der Waals surface area contributed by atoms with Crippen molar-refractivity contribution in [2.75, 3.05) is 33.4 Å². The Morgan fingerprint density at radius 2 is 2.03 bits per heavy atom. The Morgan fingerprint density at radius 3 is 2.63 bits per heavy atom. The number of carbonyl (C=O) groups excluding carboxylic acids is 2. The zero-order valence-corrected chi connectivity index (χ0v) is 18.2. The number of hydrogen-bond donors (Lipinski definition) is 1. The molecule has 0 unspecified atom stereocenters. The van der Waals surface area contributed by atoms with Crippen LogP contribution in [0.25, 0.3) is 0 Å². The molecule has 1 saturated heterocycles. The van der Waals surface area contributed by atoms with Crippen molar-refractivity contribution < 1.29 is 24.2 Å². The first-order valence-corrected chi connectivity index (χ1v) is 10.9. The number of aliphatic hydroxyl groups excluding tert-OH is 1. The monoisotopic (exact) mass is 432 g/mol. The van der Waals surface area contributed by atoms with Gasteiger partial charge in [-0.3, -0.25) is 9.59 Å². The van der Waals surface area contributed by atoms with Gasteiger partial charge >= 0.3 is 0 Å². The predicted octanol–water partition coefficient (Wildman–Crippen LogP) is 2.78. The van der Waals surface area contributed by atoms with Gasteiger partial charge in [-0.25, -0.2) is 0 Å². The van der Waals surface area contributed by atoms with Crippen molar-refractivity contribution in [2.24, 2.45) is 0 Å². The lowest BCUT2D eigenvalue weighted by atomic mass is 10.1. The second-order valence-corrected chi connectivity index (χ2v) is 8.25. The van der Waals surface area contributed by atoms with Crippen molar-refractivity contribution in [1.29, 1.82) is 0 Å². The van der Waals surface area contributed by atoms with Gasteiger partial charge in [-0.05, 0) is 29.6 Å². The van der Waals surface area contributed by atoms with Gasteiger partial charge in [-0.1, -0.05) is 6.07 Å². The average Bonchev–Trinajstić information content (AvgIpc) is 3.27. The van der Waals surface area contributed by atoms with Crippen LogP contribution in [0.2, 0.25) is 0 Å². The van der Waals surface area contributed by atoms with Crippen LogP contribution in [0.4, 0.5) is 0 Å². The number of ether oxygens (including phenoxy) is 2. The lowest BCUT2D eigenvalue weighted by Gasteiger charge is -2.32. The van der Waals surface area contributed by atoms with Gasteiger partial charge in [0.25, 0.3) is 5.91 Å². The SMILES string of the molecule is COc1ccc(OC2CCN(C(C)=O)CC2)c(C(=O)N(CCO)Cc2cccs2)c1. The first kappa shape index (κ1) is 22.1. The van der Waals surface area contributed by atoms with E-state index in [1.807, 2.05) is 22.4 Å².